The minimum absolute atomic E-state index is 0.212. The van der Waals surface area contributed by atoms with Crippen LogP contribution in [0.25, 0.3) is 0 Å². The van der Waals surface area contributed by atoms with Gasteiger partial charge in [-0.05, 0) is 55.5 Å². The molecular formula is C31H41FN4O3. The number of nitrogens with one attached hydrogen (secondary N) is 1. The fraction of sp³-hybridized carbons (Fsp3) is 0.581. The van der Waals surface area contributed by atoms with E-state index < -0.39 is 0 Å². The molecule has 2 fully saturated rings. The van der Waals surface area contributed by atoms with E-state index in [1.807, 2.05) is 6.07 Å². The summed E-state index contributed by atoms with van der Waals surface area (Å²) < 4.78 is 19.1. The average molecular weight is 537 g/mol. The summed E-state index contributed by atoms with van der Waals surface area (Å²) >= 11 is 0. The molecule has 2 aromatic rings. The number of carbonyl (C=O) groups is 2. The number of hydrogen-bond donors (Lipinski definition) is 1. The summed E-state index contributed by atoms with van der Waals surface area (Å²) in [7, 11) is 0. The zero-order valence-electron chi connectivity index (χ0n) is 23.6. The number of aldehydes is 1. The Morgan fingerprint density at radius 2 is 2.00 bits per heavy atom. The quantitative estimate of drug-likeness (QED) is 0.519. The van der Waals surface area contributed by atoms with E-state index in [1.54, 1.807) is 12.1 Å². The zero-order valence-corrected chi connectivity index (χ0v) is 23.6. The number of halogens is 1. The predicted octanol–water partition coefficient (Wildman–Crippen LogP) is 3.34. The molecule has 39 heavy (non-hydrogen) atoms. The Bertz CT molecular complexity index is 1200. The molecule has 0 spiro atoms. The molecule has 0 saturated carbocycles. The van der Waals surface area contributed by atoms with Crippen molar-refractivity contribution in [2.45, 2.75) is 70.0 Å². The van der Waals surface area contributed by atoms with Gasteiger partial charge < -0.3 is 10.1 Å². The van der Waals surface area contributed by atoms with Crippen molar-refractivity contribution in [3.8, 4) is 0 Å². The Morgan fingerprint density at radius 1 is 1.23 bits per heavy atom. The first-order valence-corrected chi connectivity index (χ1v) is 14.2. The van der Waals surface area contributed by atoms with Crippen molar-refractivity contribution in [3.63, 3.8) is 0 Å². The van der Waals surface area contributed by atoms with E-state index in [9.17, 15) is 14.0 Å². The second-order valence-electron chi connectivity index (χ2n) is 12.3. The minimum atomic E-state index is -0.304. The van der Waals surface area contributed by atoms with E-state index in [0.717, 1.165) is 68.1 Å². The molecule has 1 aromatic carbocycles. The van der Waals surface area contributed by atoms with Crippen LogP contribution in [0.1, 0.15) is 72.9 Å². The highest BCUT2D eigenvalue weighted by Gasteiger charge is 2.43. The highest BCUT2D eigenvalue weighted by molar-refractivity contribution is 5.89. The lowest BCUT2D eigenvalue weighted by Gasteiger charge is -2.43. The highest BCUT2D eigenvalue weighted by atomic mass is 19.1. The number of fused-ring (bicyclic) bond motifs is 1. The highest BCUT2D eigenvalue weighted by Crippen LogP contribution is 2.46. The number of morpholine rings is 1. The van der Waals surface area contributed by atoms with Gasteiger partial charge >= 0.3 is 0 Å². The van der Waals surface area contributed by atoms with Gasteiger partial charge in [0.15, 0.2) is 12.1 Å². The maximum absolute atomic E-state index is 14.0. The van der Waals surface area contributed by atoms with Crippen LogP contribution >= 0.6 is 0 Å². The third-order valence-electron chi connectivity index (χ3n) is 8.74. The third kappa shape index (κ3) is 6.14. The summed E-state index contributed by atoms with van der Waals surface area (Å²) in [4.78, 5) is 35.6. The number of hydrogen-bond acceptors (Lipinski definition) is 7. The molecule has 3 heterocycles. The first kappa shape index (κ1) is 28.0. The topological polar surface area (TPSA) is 74.8 Å². The summed E-state index contributed by atoms with van der Waals surface area (Å²) in [5, 5.41) is 3.61. The summed E-state index contributed by atoms with van der Waals surface area (Å²) in [5.74, 6) is -0.342. The lowest BCUT2D eigenvalue weighted by Crippen LogP contribution is -2.61. The molecule has 2 aliphatic heterocycles. The molecule has 210 valence electrons. The summed E-state index contributed by atoms with van der Waals surface area (Å²) in [5.41, 5.74) is 3.56. The molecule has 0 amide bonds. The molecule has 1 aromatic heterocycles. The zero-order chi connectivity index (χ0) is 27.7. The number of ether oxygens (including phenoxy) is 1. The Labute approximate surface area is 231 Å². The number of Topliss-reactive ketones (excluding diaryl/α,β-unsaturated/α-hetero) is 1. The van der Waals surface area contributed by atoms with Gasteiger partial charge in [-0.25, -0.2) is 9.37 Å². The van der Waals surface area contributed by atoms with Crippen molar-refractivity contribution < 1.29 is 18.7 Å². The molecule has 5 rings (SSSR count). The van der Waals surface area contributed by atoms with Crippen molar-refractivity contribution in [2.24, 2.45) is 0 Å². The molecule has 0 bridgehead atoms. The lowest BCUT2D eigenvalue weighted by molar-refractivity contribution is -0.123. The molecule has 1 unspecified atom stereocenters. The Kier molecular flexibility index (Phi) is 8.29. The van der Waals surface area contributed by atoms with E-state index in [2.05, 4.69) is 42.8 Å². The average Bonchev–Trinajstić information content (AvgIpc) is 3.17. The standard InChI is InChI=1S/C31H41FN4O3/c1-20-15-36(25(14-33-20)16-35-9-10-39-19-21(35)2)17-29(38)27-13-31(3,4)30-26(27)12-23(28(18-37)34-30)11-22-5-7-24(32)8-6-22/h5-8,12,18,20-21,25,27,33H,9-11,13-17,19H2,1-4H3/t20-,21-,25-,27?/m1/s1. The second kappa shape index (κ2) is 11.5. The van der Waals surface area contributed by atoms with Crippen LogP contribution in [0.15, 0.2) is 30.3 Å². The summed E-state index contributed by atoms with van der Waals surface area (Å²) in [6, 6.07) is 9.27. The molecule has 4 atom stereocenters. The number of aromatic nitrogens is 1. The van der Waals surface area contributed by atoms with Crippen LogP contribution < -0.4 is 5.32 Å². The van der Waals surface area contributed by atoms with Gasteiger partial charge in [0.05, 0.1) is 25.5 Å². The fourth-order valence-electron chi connectivity index (χ4n) is 6.48. The van der Waals surface area contributed by atoms with Gasteiger partial charge in [-0.15, -0.1) is 0 Å². The SMILES string of the molecule is C[C@@H]1CN(CC(=O)C2CC(C)(C)c3nc(C=O)c(Cc4ccc(F)cc4)cc32)[C@@H](CN2CCOC[C@H]2C)CN1. The predicted molar refractivity (Wildman–Crippen MR) is 149 cm³/mol. The van der Waals surface area contributed by atoms with Crippen molar-refractivity contribution in [2.75, 3.05) is 45.9 Å². The van der Waals surface area contributed by atoms with Crippen LogP contribution in [0.5, 0.6) is 0 Å². The van der Waals surface area contributed by atoms with Crippen molar-refractivity contribution >= 4 is 12.1 Å². The normalized spacial score (nSPS) is 27.3. The van der Waals surface area contributed by atoms with Gasteiger partial charge in [-0.1, -0.05) is 32.0 Å². The van der Waals surface area contributed by atoms with Gasteiger partial charge in [0, 0.05) is 55.6 Å². The fourth-order valence-corrected chi connectivity index (χ4v) is 6.48. The van der Waals surface area contributed by atoms with Crippen LogP contribution in [0, 0.1) is 5.82 Å². The first-order chi connectivity index (χ1) is 18.6. The smallest absolute Gasteiger partial charge is 0.168 e. The number of ketones is 1. The summed E-state index contributed by atoms with van der Waals surface area (Å²) in [6.07, 6.45) is 1.94. The van der Waals surface area contributed by atoms with Crippen LogP contribution in [0.3, 0.4) is 0 Å². The van der Waals surface area contributed by atoms with E-state index in [-0.39, 0.29) is 29.0 Å². The van der Waals surface area contributed by atoms with E-state index in [1.165, 1.54) is 12.1 Å². The monoisotopic (exact) mass is 536 g/mol. The summed E-state index contributed by atoms with van der Waals surface area (Å²) in [6.45, 7) is 14.0. The van der Waals surface area contributed by atoms with Crippen LogP contribution in [-0.4, -0.2) is 90.9 Å². The van der Waals surface area contributed by atoms with Gasteiger partial charge in [0.2, 0.25) is 0 Å². The van der Waals surface area contributed by atoms with Gasteiger partial charge in [-0.2, -0.15) is 0 Å². The molecular weight excluding hydrogens is 495 g/mol. The van der Waals surface area contributed by atoms with E-state index in [4.69, 9.17) is 9.72 Å². The molecule has 1 N–H and O–H groups in total. The lowest BCUT2D eigenvalue weighted by atomic mass is 9.87. The van der Waals surface area contributed by atoms with E-state index in [0.29, 0.717) is 37.2 Å². The number of rotatable bonds is 8. The molecule has 8 heteroatoms. The van der Waals surface area contributed by atoms with Crippen molar-refractivity contribution in [1.82, 2.24) is 20.1 Å². The Morgan fingerprint density at radius 3 is 2.72 bits per heavy atom. The molecule has 3 aliphatic rings. The van der Waals surface area contributed by atoms with Crippen molar-refractivity contribution in [3.05, 3.63) is 64.2 Å². The number of pyridine rings is 1. The van der Waals surface area contributed by atoms with Crippen LogP contribution in [-0.2, 0) is 21.4 Å². The Hall–Kier alpha value is -2.52. The van der Waals surface area contributed by atoms with Crippen molar-refractivity contribution in [1.29, 1.82) is 0 Å². The molecule has 1 aliphatic carbocycles. The third-order valence-corrected chi connectivity index (χ3v) is 8.74. The maximum Gasteiger partial charge on any atom is 0.168 e. The van der Waals surface area contributed by atoms with Crippen LogP contribution in [0.4, 0.5) is 4.39 Å². The molecule has 0 radical (unpaired) electrons. The largest absolute Gasteiger partial charge is 0.379 e. The van der Waals surface area contributed by atoms with Gasteiger partial charge in [0.25, 0.3) is 0 Å². The number of carbonyl (C=O) groups excluding carboxylic acids is 2. The molecule has 7 nitrogen and oxygen atoms in total. The first-order valence-electron chi connectivity index (χ1n) is 14.2. The number of nitrogens with zero attached hydrogens (tertiary/aromatic N) is 3. The Balaban J connectivity index is 1.38. The van der Waals surface area contributed by atoms with Gasteiger partial charge in [0.1, 0.15) is 11.5 Å². The van der Waals surface area contributed by atoms with Crippen LogP contribution in [0.2, 0.25) is 0 Å². The van der Waals surface area contributed by atoms with E-state index >= 15 is 0 Å². The second-order valence-corrected chi connectivity index (χ2v) is 12.3. The minimum Gasteiger partial charge on any atom is -0.379 e. The number of piperazine rings is 1. The number of benzene rings is 1. The maximum atomic E-state index is 14.0. The molecule has 2 saturated heterocycles. The van der Waals surface area contributed by atoms with Gasteiger partial charge in [-0.3, -0.25) is 19.4 Å².